The average molecular weight is 1330 g/mol. The second-order valence-electron chi connectivity index (χ2n) is 28.1. The lowest BCUT2D eigenvalue weighted by Gasteiger charge is -2.41. The van der Waals surface area contributed by atoms with Crippen LogP contribution in [0.15, 0.2) is 60.8 Å². The van der Waals surface area contributed by atoms with Crippen LogP contribution in [0.1, 0.15) is 393 Å². The molecule has 1 amide bonds. The van der Waals surface area contributed by atoms with Crippen molar-refractivity contribution in [3.8, 4) is 0 Å². The number of esters is 1. The quantitative estimate of drug-likeness (QED) is 0.0195. The number of unbranched alkanes of at least 4 members (excludes halogenated alkanes) is 49. The molecule has 11 heteroatoms. The maximum absolute atomic E-state index is 13.5. The highest BCUT2D eigenvalue weighted by Gasteiger charge is 2.47. The van der Waals surface area contributed by atoms with Crippen LogP contribution in [0.25, 0.3) is 0 Å². The maximum atomic E-state index is 13.5. The third kappa shape index (κ3) is 56.3. The van der Waals surface area contributed by atoms with Crippen LogP contribution in [0.5, 0.6) is 0 Å². The molecule has 1 aliphatic rings. The Kier molecular flexibility index (Phi) is 66.8. The predicted molar refractivity (Wildman–Crippen MR) is 398 cm³/mol. The summed E-state index contributed by atoms with van der Waals surface area (Å²) in [6.45, 7) is 5.82. The van der Waals surface area contributed by atoms with Gasteiger partial charge in [-0.3, -0.25) is 9.59 Å². The van der Waals surface area contributed by atoms with E-state index in [1.807, 2.05) is 6.08 Å². The van der Waals surface area contributed by atoms with Crippen molar-refractivity contribution >= 4 is 11.9 Å². The van der Waals surface area contributed by atoms with Crippen molar-refractivity contribution < 1.29 is 49.3 Å². The molecular weight excluding hydrogens is 1170 g/mol. The number of nitrogens with one attached hydrogen (secondary N) is 1. The summed E-state index contributed by atoms with van der Waals surface area (Å²) < 4.78 is 17.8. The fourth-order valence-electron chi connectivity index (χ4n) is 12.8. The van der Waals surface area contributed by atoms with Crippen molar-refractivity contribution in [3.05, 3.63) is 60.8 Å². The fraction of sp³-hybridized carbons (Fsp3) is 0.855. The third-order valence-electron chi connectivity index (χ3n) is 19.1. The number of ether oxygens (including phenoxy) is 3. The molecule has 1 heterocycles. The number of hydrogen-bond acceptors (Lipinski definition) is 10. The summed E-state index contributed by atoms with van der Waals surface area (Å²) in [4.78, 5) is 26.8. The van der Waals surface area contributed by atoms with Crippen molar-refractivity contribution in [2.24, 2.45) is 0 Å². The minimum absolute atomic E-state index is 0.124. The average Bonchev–Trinajstić information content (AvgIpc) is 0.814. The zero-order valence-corrected chi connectivity index (χ0v) is 61.6. The minimum Gasteiger partial charge on any atom is -0.454 e. The Morgan fingerprint density at radius 2 is 0.734 bits per heavy atom. The van der Waals surface area contributed by atoms with E-state index in [4.69, 9.17) is 14.2 Å². The van der Waals surface area contributed by atoms with Gasteiger partial charge in [0, 0.05) is 6.42 Å². The molecule has 1 fully saturated rings. The Balaban J connectivity index is 2.47. The SMILES string of the molecule is CCCCC/C=C\C/C=C\C/C=C\CCCCCCCCCCCCCCCCC(=O)OC1C(OCC(NC(=O)C(O)CCCCCCCCCCCCCCCCCC/C=C/CCCCCCCC)C(O)/C=C/CCCCCCCCCCCC)OC(CO)C(O)C1O. The summed E-state index contributed by atoms with van der Waals surface area (Å²) in [5, 5.41) is 57.5. The van der Waals surface area contributed by atoms with E-state index in [9.17, 15) is 35.1 Å². The number of rotatable bonds is 71. The van der Waals surface area contributed by atoms with Crippen molar-refractivity contribution in [1.82, 2.24) is 5.32 Å². The molecule has 0 saturated carbocycles. The second-order valence-corrected chi connectivity index (χ2v) is 28.1. The van der Waals surface area contributed by atoms with Crippen LogP contribution in [-0.4, -0.2) is 99.6 Å². The number of allylic oxidation sites excluding steroid dienone is 9. The van der Waals surface area contributed by atoms with Crippen molar-refractivity contribution in [2.45, 2.75) is 442 Å². The molecular formula is C83H153NO10. The van der Waals surface area contributed by atoms with Crippen LogP contribution >= 0.6 is 0 Å². The maximum Gasteiger partial charge on any atom is 0.306 e. The van der Waals surface area contributed by atoms with E-state index in [0.29, 0.717) is 19.3 Å². The van der Waals surface area contributed by atoms with E-state index in [2.05, 4.69) is 74.7 Å². The third-order valence-corrected chi connectivity index (χ3v) is 19.1. The van der Waals surface area contributed by atoms with Gasteiger partial charge < -0.3 is 45.1 Å². The molecule has 0 spiro atoms. The van der Waals surface area contributed by atoms with Gasteiger partial charge in [0.05, 0.1) is 25.4 Å². The van der Waals surface area contributed by atoms with Gasteiger partial charge in [0.1, 0.15) is 24.4 Å². The van der Waals surface area contributed by atoms with Crippen molar-refractivity contribution in [2.75, 3.05) is 13.2 Å². The van der Waals surface area contributed by atoms with Gasteiger partial charge in [-0.15, -0.1) is 0 Å². The van der Waals surface area contributed by atoms with Gasteiger partial charge in [-0.05, 0) is 89.9 Å². The van der Waals surface area contributed by atoms with Crippen LogP contribution in [0, 0.1) is 0 Å². The highest BCUT2D eigenvalue weighted by atomic mass is 16.7. The fourth-order valence-corrected chi connectivity index (χ4v) is 12.8. The van der Waals surface area contributed by atoms with Crippen LogP contribution in [0.2, 0.25) is 0 Å². The van der Waals surface area contributed by atoms with E-state index < -0.39 is 67.4 Å². The number of carbonyl (C=O) groups is 2. The summed E-state index contributed by atoms with van der Waals surface area (Å²) in [6, 6.07) is -1.02. The molecule has 6 N–H and O–H groups in total. The van der Waals surface area contributed by atoms with Gasteiger partial charge in [-0.25, -0.2) is 0 Å². The number of aliphatic hydroxyl groups excluding tert-OH is 5. The van der Waals surface area contributed by atoms with Gasteiger partial charge in [0.2, 0.25) is 5.91 Å². The Morgan fingerprint density at radius 3 is 1.13 bits per heavy atom. The first-order chi connectivity index (χ1) is 46.2. The molecule has 550 valence electrons. The van der Waals surface area contributed by atoms with E-state index >= 15 is 0 Å². The second kappa shape index (κ2) is 70.2. The molecule has 1 rings (SSSR count). The van der Waals surface area contributed by atoms with Gasteiger partial charge in [0.15, 0.2) is 12.4 Å². The van der Waals surface area contributed by atoms with Gasteiger partial charge >= 0.3 is 5.97 Å². The first kappa shape index (κ1) is 89.4. The zero-order chi connectivity index (χ0) is 68.1. The number of hydrogen-bond donors (Lipinski definition) is 6. The summed E-state index contributed by atoms with van der Waals surface area (Å²) in [7, 11) is 0. The Hall–Kier alpha value is -2.64. The molecule has 94 heavy (non-hydrogen) atoms. The molecule has 11 nitrogen and oxygen atoms in total. The molecule has 1 saturated heterocycles. The topological polar surface area (TPSA) is 175 Å². The smallest absolute Gasteiger partial charge is 0.306 e. The number of aliphatic hydroxyl groups is 5. The monoisotopic (exact) mass is 1320 g/mol. The summed E-state index contributed by atoms with van der Waals surface area (Å²) in [5.74, 6) is -1.18. The lowest BCUT2D eigenvalue weighted by Crippen LogP contribution is -2.61. The summed E-state index contributed by atoms with van der Waals surface area (Å²) >= 11 is 0. The highest BCUT2D eigenvalue weighted by molar-refractivity contribution is 5.80. The highest BCUT2D eigenvalue weighted by Crippen LogP contribution is 2.27. The molecule has 0 aliphatic carbocycles. The normalized spacial score (nSPS) is 18.1. The zero-order valence-electron chi connectivity index (χ0n) is 61.6. The number of amides is 1. The van der Waals surface area contributed by atoms with Crippen LogP contribution < -0.4 is 5.32 Å². The van der Waals surface area contributed by atoms with Crippen LogP contribution in [-0.2, 0) is 23.8 Å². The van der Waals surface area contributed by atoms with Crippen molar-refractivity contribution in [3.63, 3.8) is 0 Å². The molecule has 8 unspecified atom stereocenters. The Bertz CT molecular complexity index is 1770. The molecule has 1 aliphatic heterocycles. The Labute approximate surface area is 579 Å². The first-order valence-corrected chi connectivity index (χ1v) is 40.6. The van der Waals surface area contributed by atoms with Crippen molar-refractivity contribution in [1.29, 1.82) is 0 Å². The Morgan fingerprint density at radius 1 is 0.415 bits per heavy atom. The van der Waals surface area contributed by atoms with Crippen LogP contribution in [0.3, 0.4) is 0 Å². The molecule has 0 aromatic rings. The molecule has 0 bridgehead atoms. The molecule has 0 aromatic heterocycles. The van der Waals surface area contributed by atoms with E-state index in [1.54, 1.807) is 6.08 Å². The lowest BCUT2D eigenvalue weighted by molar-refractivity contribution is -0.305. The largest absolute Gasteiger partial charge is 0.454 e. The van der Waals surface area contributed by atoms with Gasteiger partial charge in [-0.2, -0.15) is 0 Å². The van der Waals surface area contributed by atoms with Gasteiger partial charge in [-0.1, -0.05) is 358 Å². The molecule has 8 atom stereocenters. The molecule has 0 radical (unpaired) electrons. The van der Waals surface area contributed by atoms with E-state index in [1.165, 1.54) is 276 Å². The van der Waals surface area contributed by atoms with Gasteiger partial charge in [0.25, 0.3) is 0 Å². The minimum atomic E-state index is -1.62. The summed E-state index contributed by atoms with van der Waals surface area (Å²) in [6.07, 6.45) is 81.4. The van der Waals surface area contributed by atoms with E-state index in [0.717, 1.165) is 70.6 Å². The summed E-state index contributed by atoms with van der Waals surface area (Å²) in [5.41, 5.74) is 0. The van der Waals surface area contributed by atoms with Crippen LogP contribution in [0.4, 0.5) is 0 Å². The lowest BCUT2D eigenvalue weighted by atomic mass is 9.99. The standard InChI is InChI=1S/C83H153NO10/c1-4-7-10-13-16-19-22-25-27-29-31-33-35-37-39-41-43-45-47-49-51-53-56-59-62-65-68-71-78(88)94-81-80(90)79(89)77(72-85)93-83(81)92-73-74(75(86)69-66-63-60-57-54-24-21-18-15-12-9-6-3)84-82(91)76(87)70-67-64-61-58-55-52-50-48-46-44-42-40-38-36-34-32-30-28-26-23-20-17-14-11-8-5-2/h16,19,25-28,31,33,66,69,74-77,79-81,83,85-87,89-90H,4-15,17-18,20-24,29-30,32,34-65,67-68,70-73H2,1-3H3,(H,84,91)/b19-16-,27-25-,28-26+,33-31-,69-66+. The number of carbonyl (C=O) groups excluding carboxylic acids is 2. The molecule has 0 aromatic carbocycles. The first-order valence-electron chi connectivity index (χ1n) is 40.6. The van der Waals surface area contributed by atoms with E-state index in [-0.39, 0.29) is 13.0 Å². The predicted octanol–water partition coefficient (Wildman–Crippen LogP) is 22.0.